The first kappa shape index (κ1) is 16.1. The summed E-state index contributed by atoms with van der Waals surface area (Å²) in [5.41, 5.74) is -0.108. The van der Waals surface area contributed by atoms with E-state index >= 15 is 0 Å². The summed E-state index contributed by atoms with van der Waals surface area (Å²) >= 11 is 1.40. The predicted molar refractivity (Wildman–Crippen MR) is 82.5 cm³/mol. The van der Waals surface area contributed by atoms with Crippen LogP contribution in [0.15, 0.2) is 40.7 Å². The van der Waals surface area contributed by atoms with Gasteiger partial charge in [-0.05, 0) is 38.5 Å². The number of aliphatic hydroxyl groups excluding tert-OH is 1. The topological polar surface area (TPSA) is 79.3 Å². The molecule has 2 rings (SSSR count). The van der Waals surface area contributed by atoms with E-state index in [4.69, 9.17) is 0 Å². The Morgan fingerprint density at radius 3 is 2.38 bits per heavy atom. The molecular weight excluding hydrogens is 308 g/mol. The summed E-state index contributed by atoms with van der Waals surface area (Å²) in [5, 5.41) is 12.0. The van der Waals surface area contributed by atoms with E-state index in [-0.39, 0.29) is 4.90 Å². The number of benzene rings is 1. The third-order valence-electron chi connectivity index (χ3n) is 3.03. The minimum Gasteiger partial charge on any atom is -0.389 e. The molecule has 1 atom stereocenters. The molecule has 0 radical (unpaired) electrons. The first-order valence-corrected chi connectivity index (χ1v) is 8.80. The Morgan fingerprint density at radius 1 is 1.29 bits per heavy atom. The van der Waals surface area contributed by atoms with Crippen molar-refractivity contribution < 1.29 is 13.5 Å². The average molecular weight is 326 g/mol. The first-order chi connectivity index (χ1) is 9.72. The van der Waals surface area contributed by atoms with Crippen molar-refractivity contribution >= 4 is 21.4 Å². The Morgan fingerprint density at radius 2 is 1.90 bits per heavy atom. The van der Waals surface area contributed by atoms with Crippen molar-refractivity contribution in [1.82, 2.24) is 9.71 Å². The van der Waals surface area contributed by atoms with Crippen molar-refractivity contribution in [3.63, 3.8) is 0 Å². The van der Waals surface area contributed by atoms with E-state index in [1.165, 1.54) is 23.5 Å². The van der Waals surface area contributed by atoms with E-state index in [9.17, 15) is 13.5 Å². The van der Waals surface area contributed by atoms with Gasteiger partial charge in [0.05, 0.1) is 16.5 Å². The van der Waals surface area contributed by atoms with Crippen molar-refractivity contribution in [1.29, 1.82) is 0 Å². The number of thiazole rings is 1. The molecule has 0 saturated carbocycles. The van der Waals surface area contributed by atoms with Gasteiger partial charge >= 0.3 is 0 Å². The molecular formula is C14H18N2O3S2. The zero-order chi connectivity index (χ0) is 15.7. The fourth-order valence-electron chi connectivity index (χ4n) is 1.90. The van der Waals surface area contributed by atoms with Gasteiger partial charge in [0.15, 0.2) is 0 Å². The highest BCUT2D eigenvalue weighted by atomic mass is 32.2. The van der Waals surface area contributed by atoms with Crippen LogP contribution in [-0.4, -0.2) is 18.5 Å². The molecule has 1 aromatic carbocycles. The van der Waals surface area contributed by atoms with Crippen LogP contribution in [0.1, 0.15) is 37.4 Å². The van der Waals surface area contributed by atoms with Gasteiger partial charge in [0, 0.05) is 11.6 Å². The molecule has 0 fully saturated rings. The summed E-state index contributed by atoms with van der Waals surface area (Å²) < 4.78 is 27.5. The number of nitrogens with zero attached hydrogens (tertiary/aromatic N) is 1. The van der Waals surface area contributed by atoms with Crippen LogP contribution in [0.5, 0.6) is 0 Å². The molecule has 1 unspecified atom stereocenters. The molecule has 1 heterocycles. The van der Waals surface area contributed by atoms with Gasteiger partial charge in [0.25, 0.3) is 0 Å². The van der Waals surface area contributed by atoms with Gasteiger partial charge < -0.3 is 5.11 Å². The van der Waals surface area contributed by atoms with E-state index in [2.05, 4.69) is 9.71 Å². The van der Waals surface area contributed by atoms with Gasteiger partial charge in [-0.15, -0.1) is 11.3 Å². The highest BCUT2D eigenvalue weighted by molar-refractivity contribution is 7.89. The zero-order valence-corrected chi connectivity index (χ0v) is 13.7. The van der Waals surface area contributed by atoms with Crippen LogP contribution < -0.4 is 4.72 Å². The van der Waals surface area contributed by atoms with E-state index in [0.29, 0.717) is 10.6 Å². The normalized spacial score (nSPS) is 14.1. The van der Waals surface area contributed by atoms with Crippen molar-refractivity contribution in [3.8, 4) is 0 Å². The standard InChI is InChI=1S/C14H18N2O3S2/c1-10(17)11-4-6-12(7-5-11)21(18,19)16-14(2,3)13-15-8-9-20-13/h4-10,16-17H,1-3H3. The van der Waals surface area contributed by atoms with Crippen LogP contribution in [0.25, 0.3) is 0 Å². The van der Waals surface area contributed by atoms with E-state index < -0.39 is 21.7 Å². The number of nitrogens with one attached hydrogen (secondary N) is 1. The maximum Gasteiger partial charge on any atom is 0.241 e. The zero-order valence-electron chi connectivity index (χ0n) is 12.1. The van der Waals surface area contributed by atoms with E-state index in [1.54, 1.807) is 39.1 Å². The van der Waals surface area contributed by atoms with Crippen LogP contribution in [0.3, 0.4) is 0 Å². The highest BCUT2D eigenvalue weighted by Crippen LogP contribution is 2.25. The Labute approximate surface area is 128 Å². The number of hydrogen-bond acceptors (Lipinski definition) is 5. The molecule has 2 aromatic rings. The molecule has 5 nitrogen and oxygen atoms in total. The Bertz CT molecular complexity index is 690. The largest absolute Gasteiger partial charge is 0.389 e. The van der Waals surface area contributed by atoms with Crippen LogP contribution in [0.4, 0.5) is 0 Å². The van der Waals surface area contributed by atoms with Crippen LogP contribution >= 0.6 is 11.3 Å². The van der Waals surface area contributed by atoms with E-state index in [0.717, 1.165) is 0 Å². The summed E-state index contributed by atoms with van der Waals surface area (Å²) in [6, 6.07) is 6.19. The summed E-state index contributed by atoms with van der Waals surface area (Å²) in [6.07, 6.45) is 1.02. The third kappa shape index (κ3) is 3.68. The summed E-state index contributed by atoms with van der Waals surface area (Å²) in [4.78, 5) is 4.33. The maximum atomic E-state index is 12.4. The molecule has 2 N–H and O–H groups in total. The highest BCUT2D eigenvalue weighted by Gasteiger charge is 2.30. The lowest BCUT2D eigenvalue weighted by Gasteiger charge is -2.23. The molecule has 0 bridgehead atoms. The lowest BCUT2D eigenvalue weighted by molar-refractivity contribution is 0.199. The van der Waals surface area contributed by atoms with Gasteiger partial charge in [-0.3, -0.25) is 0 Å². The lowest BCUT2D eigenvalue weighted by atomic mass is 10.1. The molecule has 7 heteroatoms. The second-order valence-electron chi connectivity index (χ2n) is 5.31. The molecule has 114 valence electrons. The van der Waals surface area contributed by atoms with Gasteiger partial charge in [-0.25, -0.2) is 13.4 Å². The van der Waals surface area contributed by atoms with Crippen molar-refractivity contribution in [2.75, 3.05) is 0 Å². The van der Waals surface area contributed by atoms with Gasteiger partial charge in [-0.1, -0.05) is 12.1 Å². The number of rotatable bonds is 5. The van der Waals surface area contributed by atoms with Gasteiger partial charge in [-0.2, -0.15) is 4.72 Å². The minimum atomic E-state index is -3.65. The summed E-state index contributed by atoms with van der Waals surface area (Å²) in [5.74, 6) is 0. The van der Waals surface area contributed by atoms with Crippen molar-refractivity contribution in [3.05, 3.63) is 46.4 Å². The van der Waals surface area contributed by atoms with Crippen molar-refractivity contribution in [2.45, 2.75) is 37.3 Å². The summed E-state index contributed by atoms with van der Waals surface area (Å²) in [6.45, 7) is 5.18. The van der Waals surface area contributed by atoms with Crippen LogP contribution in [0.2, 0.25) is 0 Å². The van der Waals surface area contributed by atoms with Crippen LogP contribution in [-0.2, 0) is 15.6 Å². The molecule has 0 aliphatic heterocycles. The third-order valence-corrected chi connectivity index (χ3v) is 5.80. The summed E-state index contributed by atoms with van der Waals surface area (Å²) in [7, 11) is -3.65. The molecule has 1 aromatic heterocycles. The monoisotopic (exact) mass is 326 g/mol. The average Bonchev–Trinajstić information content (AvgIpc) is 2.92. The van der Waals surface area contributed by atoms with E-state index in [1.807, 2.05) is 5.38 Å². The van der Waals surface area contributed by atoms with Gasteiger partial charge in [0.1, 0.15) is 5.01 Å². The lowest BCUT2D eigenvalue weighted by Crippen LogP contribution is -2.40. The second-order valence-corrected chi connectivity index (χ2v) is 7.89. The SMILES string of the molecule is CC(O)c1ccc(S(=O)(=O)NC(C)(C)c2nccs2)cc1. The number of aromatic nitrogens is 1. The second kappa shape index (κ2) is 5.84. The minimum absolute atomic E-state index is 0.163. The molecule has 0 aliphatic carbocycles. The van der Waals surface area contributed by atoms with Gasteiger partial charge in [0.2, 0.25) is 10.0 Å². The molecule has 0 aliphatic rings. The molecule has 0 saturated heterocycles. The predicted octanol–water partition coefficient (Wildman–Crippen LogP) is 2.41. The first-order valence-electron chi connectivity index (χ1n) is 6.44. The molecule has 0 amide bonds. The maximum absolute atomic E-state index is 12.4. The molecule has 21 heavy (non-hydrogen) atoms. The van der Waals surface area contributed by atoms with Crippen LogP contribution in [0, 0.1) is 0 Å². The number of sulfonamides is 1. The smallest absolute Gasteiger partial charge is 0.241 e. The Kier molecular flexibility index (Phi) is 4.48. The number of hydrogen-bond donors (Lipinski definition) is 2. The Balaban J connectivity index is 2.26. The quantitative estimate of drug-likeness (QED) is 0.884. The Hall–Kier alpha value is -1.28. The number of aliphatic hydroxyl groups is 1. The van der Waals surface area contributed by atoms with Crippen molar-refractivity contribution in [2.24, 2.45) is 0 Å². The fourth-order valence-corrected chi connectivity index (χ4v) is 4.06. The molecule has 0 spiro atoms. The fraction of sp³-hybridized carbons (Fsp3) is 0.357.